The van der Waals surface area contributed by atoms with Crippen LogP contribution in [0.15, 0.2) is 24.3 Å². The summed E-state index contributed by atoms with van der Waals surface area (Å²) in [5.74, 6) is 0.965. The van der Waals surface area contributed by atoms with E-state index in [1.807, 2.05) is 36.0 Å². The van der Waals surface area contributed by atoms with Crippen molar-refractivity contribution >= 4 is 11.8 Å². The molecule has 84 valence electrons. The van der Waals surface area contributed by atoms with E-state index >= 15 is 0 Å². The van der Waals surface area contributed by atoms with Gasteiger partial charge in [0.25, 0.3) is 0 Å². The standard InChI is InChI=1S/C12H18O2S/c1-10(6-7-13)15-9-12-4-2-11(8-14)3-5-12/h2-5,10,13-14H,6-9H2,1H3. The zero-order valence-corrected chi connectivity index (χ0v) is 9.83. The van der Waals surface area contributed by atoms with Crippen molar-refractivity contribution in [3.8, 4) is 0 Å². The van der Waals surface area contributed by atoms with E-state index < -0.39 is 0 Å². The van der Waals surface area contributed by atoms with Crippen molar-refractivity contribution in [1.82, 2.24) is 0 Å². The third-order valence-corrected chi connectivity index (χ3v) is 3.58. The van der Waals surface area contributed by atoms with Crippen LogP contribution >= 0.6 is 11.8 Å². The first-order chi connectivity index (χ1) is 7.26. The SMILES string of the molecule is CC(CCO)SCc1ccc(CO)cc1. The smallest absolute Gasteiger partial charge is 0.0681 e. The van der Waals surface area contributed by atoms with Crippen molar-refractivity contribution in [2.45, 2.75) is 31.0 Å². The molecular formula is C12H18O2S. The van der Waals surface area contributed by atoms with E-state index in [4.69, 9.17) is 10.2 Å². The van der Waals surface area contributed by atoms with Gasteiger partial charge in [-0.1, -0.05) is 31.2 Å². The molecule has 2 N–H and O–H groups in total. The molecule has 0 aliphatic carbocycles. The Hall–Kier alpha value is -0.510. The lowest BCUT2D eigenvalue weighted by Gasteiger charge is -2.09. The Morgan fingerprint density at radius 2 is 1.73 bits per heavy atom. The van der Waals surface area contributed by atoms with Crippen LogP contribution in [-0.4, -0.2) is 22.1 Å². The molecule has 1 aromatic rings. The van der Waals surface area contributed by atoms with Gasteiger partial charge in [-0.3, -0.25) is 0 Å². The first kappa shape index (κ1) is 12.6. The molecule has 0 aliphatic rings. The maximum absolute atomic E-state index is 8.88. The third kappa shape index (κ3) is 4.69. The summed E-state index contributed by atoms with van der Waals surface area (Å²) < 4.78 is 0. The van der Waals surface area contributed by atoms with Crippen molar-refractivity contribution in [2.75, 3.05) is 6.61 Å². The molecule has 15 heavy (non-hydrogen) atoms. The number of thioether (sulfide) groups is 1. The van der Waals surface area contributed by atoms with E-state index in [1.165, 1.54) is 5.56 Å². The lowest BCUT2D eigenvalue weighted by molar-refractivity contribution is 0.282. The first-order valence-electron chi connectivity index (χ1n) is 5.17. The van der Waals surface area contributed by atoms with Gasteiger partial charge in [0.1, 0.15) is 0 Å². The average Bonchev–Trinajstić information content (AvgIpc) is 2.27. The fraction of sp³-hybridized carbons (Fsp3) is 0.500. The van der Waals surface area contributed by atoms with Gasteiger partial charge in [-0.2, -0.15) is 11.8 Å². The Bertz CT molecular complexity index is 271. The predicted molar refractivity (Wildman–Crippen MR) is 64.8 cm³/mol. The van der Waals surface area contributed by atoms with Crippen LogP contribution in [0.3, 0.4) is 0 Å². The summed E-state index contributed by atoms with van der Waals surface area (Å²) in [5.41, 5.74) is 2.22. The Morgan fingerprint density at radius 1 is 1.13 bits per heavy atom. The Balaban J connectivity index is 2.37. The zero-order chi connectivity index (χ0) is 11.1. The van der Waals surface area contributed by atoms with Gasteiger partial charge in [-0.15, -0.1) is 0 Å². The fourth-order valence-corrected chi connectivity index (χ4v) is 2.19. The van der Waals surface area contributed by atoms with Crippen LogP contribution in [0.1, 0.15) is 24.5 Å². The highest BCUT2D eigenvalue weighted by molar-refractivity contribution is 7.99. The van der Waals surface area contributed by atoms with Crippen LogP contribution in [0.2, 0.25) is 0 Å². The summed E-state index contributed by atoms with van der Waals surface area (Å²) in [4.78, 5) is 0. The zero-order valence-electron chi connectivity index (χ0n) is 9.02. The van der Waals surface area contributed by atoms with Crippen LogP contribution < -0.4 is 0 Å². The highest BCUT2D eigenvalue weighted by Gasteiger charge is 2.02. The number of aliphatic hydroxyl groups excluding tert-OH is 2. The molecule has 0 spiro atoms. The van der Waals surface area contributed by atoms with E-state index in [1.54, 1.807) is 0 Å². The second-order valence-electron chi connectivity index (χ2n) is 3.61. The monoisotopic (exact) mass is 226 g/mol. The summed E-state index contributed by atoms with van der Waals surface area (Å²) >= 11 is 1.85. The first-order valence-corrected chi connectivity index (χ1v) is 6.22. The fourth-order valence-electron chi connectivity index (χ4n) is 1.24. The van der Waals surface area contributed by atoms with E-state index in [0.717, 1.165) is 17.7 Å². The normalized spacial score (nSPS) is 12.7. The van der Waals surface area contributed by atoms with Crippen LogP contribution in [0.4, 0.5) is 0 Å². The minimum absolute atomic E-state index is 0.105. The molecule has 0 heterocycles. The van der Waals surface area contributed by atoms with Crippen molar-refractivity contribution in [3.05, 3.63) is 35.4 Å². The van der Waals surface area contributed by atoms with E-state index in [-0.39, 0.29) is 13.2 Å². The number of hydrogen-bond donors (Lipinski definition) is 2. The molecule has 0 saturated carbocycles. The number of hydrogen-bond acceptors (Lipinski definition) is 3. The number of benzene rings is 1. The lowest BCUT2D eigenvalue weighted by Crippen LogP contribution is -1.99. The summed E-state index contributed by atoms with van der Waals surface area (Å²) in [6, 6.07) is 7.99. The molecule has 1 atom stereocenters. The predicted octanol–water partition coefficient (Wildman–Crippen LogP) is 2.18. The Kier molecular flexibility index (Phi) is 5.76. The van der Waals surface area contributed by atoms with Gasteiger partial charge in [0, 0.05) is 17.6 Å². The quantitative estimate of drug-likeness (QED) is 0.781. The second kappa shape index (κ2) is 6.88. The summed E-state index contributed by atoms with van der Waals surface area (Å²) in [5, 5.41) is 18.1. The minimum Gasteiger partial charge on any atom is -0.396 e. The maximum atomic E-state index is 8.88. The second-order valence-corrected chi connectivity index (χ2v) is 5.04. The van der Waals surface area contributed by atoms with Gasteiger partial charge in [0.2, 0.25) is 0 Å². The van der Waals surface area contributed by atoms with Crippen LogP contribution in [-0.2, 0) is 12.4 Å². The van der Waals surface area contributed by atoms with Gasteiger partial charge in [-0.05, 0) is 17.5 Å². The lowest BCUT2D eigenvalue weighted by atomic mass is 10.2. The molecule has 1 unspecified atom stereocenters. The molecule has 0 fully saturated rings. The number of aliphatic hydroxyl groups is 2. The van der Waals surface area contributed by atoms with E-state index in [2.05, 4.69) is 6.92 Å². The molecule has 0 bridgehead atoms. The molecule has 0 radical (unpaired) electrons. The highest BCUT2D eigenvalue weighted by atomic mass is 32.2. The maximum Gasteiger partial charge on any atom is 0.0681 e. The van der Waals surface area contributed by atoms with E-state index in [0.29, 0.717) is 5.25 Å². The number of rotatable bonds is 6. The summed E-state index contributed by atoms with van der Waals surface area (Å²) in [6.07, 6.45) is 0.847. The van der Waals surface area contributed by atoms with Crippen LogP contribution in [0.5, 0.6) is 0 Å². The molecule has 0 amide bonds. The largest absolute Gasteiger partial charge is 0.396 e. The topological polar surface area (TPSA) is 40.5 Å². The molecule has 0 aliphatic heterocycles. The average molecular weight is 226 g/mol. The molecular weight excluding hydrogens is 208 g/mol. The highest BCUT2D eigenvalue weighted by Crippen LogP contribution is 2.19. The molecule has 0 saturated heterocycles. The van der Waals surface area contributed by atoms with Gasteiger partial charge >= 0.3 is 0 Å². The van der Waals surface area contributed by atoms with Crippen molar-refractivity contribution in [1.29, 1.82) is 0 Å². The Labute approximate surface area is 95.3 Å². The van der Waals surface area contributed by atoms with Crippen LogP contribution in [0, 0.1) is 0 Å². The summed E-state index contributed by atoms with van der Waals surface area (Å²) in [7, 11) is 0. The van der Waals surface area contributed by atoms with Crippen LogP contribution in [0.25, 0.3) is 0 Å². The molecule has 2 nitrogen and oxygen atoms in total. The third-order valence-electron chi connectivity index (χ3n) is 2.28. The van der Waals surface area contributed by atoms with Crippen molar-refractivity contribution in [2.24, 2.45) is 0 Å². The molecule has 1 rings (SSSR count). The van der Waals surface area contributed by atoms with Gasteiger partial charge < -0.3 is 10.2 Å². The van der Waals surface area contributed by atoms with Gasteiger partial charge in [-0.25, -0.2) is 0 Å². The summed E-state index contributed by atoms with van der Waals surface area (Å²) in [6.45, 7) is 2.49. The van der Waals surface area contributed by atoms with E-state index in [9.17, 15) is 0 Å². The molecule has 1 aromatic carbocycles. The van der Waals surface area contributed by atoms with Gasteiger partial charge in [0.05, 0.1) is 6.61 Å². The molecule has 3 heteroatoms. The minimum atomic E-state index is 0.105. The Morgan fingerprint density at radius 3 is 2.27 bits per heavy atom. The van der Waals surface area contributed by atoms with Gasteiger partial charge in [0.15, 0.2) is 0 Å². The molecule has 0 aromatic heterocycles. The van der Waals surface area contributed by atoms with Crippen molar-refractivity contribution < 1.29 is 10.2 Å². The van der Waals surface area contributed by atoms with Crippen molar-refractivity contribution in [3.63, 3.8) is 0 Å².